The molecule has 3 aromatic heterocycles. The molecule has 11 heteroatoms. The SMILES string of the molecule is COc1ncnc(OC)c1-n1c(NS(=O)CCc2ccc(C)cc2)nnc1-c1ccco1. The number of rotatable bonds is 9. The van der Waals surface area contributed by atoms with Gasteiger partial charge in [-0.05, 0) is 31.0 Å². The van der Waals surface area contributed by atoms with Crippen LogP contribution in [-0.2, 0) is 17.4 Å². The van der Waals surface area contributed by atoms with Gasteiger partial charge in [-0.1, -0.05) is 29.8 Å². The first-order valence-electron chi connectivity index (χ1n) is 9.74. The molecule has 1 N–H and O–H groups in total. The van der Waals surface area contributed by atoms with Crippen LogP contribution in [0.25, 0.3) is 17.3 Å². The number of anilines is 1. The molecule has 1 unspecified atom stereocenters. The summed E-state index contributed by atoms with van der Waals surface area (Å²) in [5, 5.41) is 8.41. The Morgan fingerprint density at radius 1 is 1.06 bits per heavy atom. The van der Waals surface area contributed by atoms with E-state index in [0.717, 1.165) is 5.56 Å². The van der Waals surface area contributed by atoms with Gasteiger partial charge in [0, 0.05) is 5.75 Å². The lowest BCUT2D eigenvalue weighted by atomic mass is 10.1. The molecule has 3 heterocycles. The van der Waals surface area contributed by atoms with E-state index in [-0.39, 0.29) is 17.7 Å². The number of methoxy groups -OCH3 is 2. The average Bonchev–Trinajstić information content (AvgIpc) is 3.48. The predicted octanol–water partition coefficient (Wildman–Crippen LogP) is 2.96. The van der Waals surface area contributed by atoms with Gasteiger partial charge < -0.3 is 13.9 Å². The second-order valence-electron chi connectivity index (χ2n) is 6.79. The molecular weight excluding hydrogens is 432 g/mol. The van der Waals surface area contributed by atoms with Crippen molar-refractivity contribution in [2.24, 2.45) is 0 Å². The second kappa shape index (κ2) is 9.60. The fourth-order valence-corrected chi connectivity index (χ4v) is 3.94. The summed E-state index contributed by atoms with van der Waals surface area (Å²) in [6.07, 6.45) is 3.49. The molecule has 0 aliphatic carbocycles. The lowest BCUT2D eigenvalue weighted by molar-refractivity contribution is 0.368. The van der Waals surface area contributed by atoms with Crippen LogP contribution in [0.3, 0.4) is 0 Å². The minimum atomic E-state index is -1.44. The van der Waals surface area contributed by atoms with Crippen LogP contribution < -0.4 is 14.2 Å². The third-order valence-corrected chi connectivity index (χ3v) is 5.66. The quantitative estimate of drug-likeness (QED) is 0.410. The van der Waals surface area contributed by atoms with Crippen molar-refractivity contribution in [1.82, 2.24) is 24.7 Å². The topological polar surface area (TPSA) is 117 Å². The molecule has 0 aliphatic rings. The molecule has 0 spiro atoms. The highest BCUT2D eigenvalue weighted by atomic mass is 32.2. The second-order valence-corrected chi connectivity index (χ2v) is 8.09. The number of aromatic nitrogens is 5. The monoisotopic (exact) mass is 454 g/mol. The van der Waals surface area contributed by atoms with E-state index in [1.807, 2.05) is 31.2 Å². The zero-order chi connectivity index (χ0) is 22.5. The van der Waals surface area contributed by atoms with E-state index < -0.39 is 11.0 Å². The fraction of sp³-hybridized carbons (Fsp3) is 0.238. The minimum Gasteiger partial charge on any atom is -0.479 e. The molecule has 1 atom stereocenters. The van der Waals surface area contributed by atoms with Crippen molar-refractivity contribution in [3.05, 3.63) is 60.1 Å². The van der Waals surface area contributed by atoms with Crippen molar-refractivity contribution in [3.8, 4) is 29.0 Å². The first-order chi connectivity index (χ1) is 15.6. The Balaban J connectivity index is 1.68. The molecule has 4 aromatic rings. The van der Waals surface area contributed by atoms with Crippen LogP contribution in [-0.4, -0.2) is 48.9 Å². The molecule has 0 saturated carbocycles. The van der Waals surface area contributed by atoms with Crippen LogP contribution in [0.1, 0.15) is 11.1 Å². The Kier molecular flexibility index (Phi) is 6.45. The Morgan fingerprint density at radius 3 is 2.41 bits per heavy atom. The van der Waals surface area contributed by atoms with E-state index >= 15 is 0 Å². The van der Waals surface area contributed by atoms with Crippen molar-refractivity contribution >= 4 is 16.9 Å². The third kappa shape index (κ3) is 4.47. The summed E-state index contributed by atoms with van der Waals surface area (Å²) in [6, 6.07) is 11.6. The number of nitrogens with zero attached hydrogens (tertiary/aromatic N) is 5. The van der Waals surface area contributed by atoms with Crippen molar-refractivity contribution in [1.29, 1.82) is 0 Å². The maximum absolute atomic E-state index is 12.8. The lowest BCUT2D eigenvalue weighted by Crippen LogP contribution is -2.15. The van der Waals surface area contributed by atoms with E-state index in [1.54, 1.807) is 16.7 Å². The number of hydrogen-bond donors (Lipinski definition) is 1. The molecule has 1 aromatic carbocycles. The maximum Gasteiger partial charge on any atom is 0.245 e. The summed E-state index contributed by atoms with van der Waals surface area (Å²) in [4.78, 5) is 8.33. The van der Waals surface area contributed by atoms with Crippen LogP contribution in [0.2, 0.25) is 0 Å². The summed E-state index contributed by atoms with van der Waals surface area (Å²) in [6.45, 7) is 2.03. The van der Waals surface area contributed by atoms with Crippen LogP contribution in [0.5, 0.6) is 11.8 Å². The van der Waals surface area contributed by atoms with Gasteiger partial charge in [0.25, 0.3) is 0 Å². The zero-order valence-electron chi connectivity index (χ0n) is 17.8. The van der Waals surface area contributed by atoms with Gasteiger partial charge in [-0.25, -0.2) is 8.78 Å². The van der Waals surface area contributed by atoms with Gasteiger partial charge in [-0.2, -0.15) is 9.97 Å². The molecule has 10 nitrogen and oxygen atoms in total. The highest BCUT2D eigenvalue weighted by Gasteiger charge is 2.26. The molecule has 0 aliphatic heterocycles. The number of furan rings is 1. The molecule has 0 amide bonds. The molecule has 4 rings (SSSR count). The number of ether oxygens (including phenoxy) is 2. The van der Waals surface area contributed by atoms with Crippen LogP contribution >= 0.6 is 0 Å². The molecular formula is C21H22N6O4S. The summed E-state index contributed by atoms with van der Waals surface area (Å²) < 4.78 is 33.7. The van der Waals surface area contributed by atoms with Gasteiger partial charge >= 0.3 is 0 Å². The molecule has 0 bridgehead atoms. The Morgan fingerprint density at radius 2 is 1.78 bits per heavy atom. The number of benzene rings is 1. The standard InChI is InChI=1S/C21H22N6O4S/c1-14-6-8-15(9-7-14)10-12-32(28)26-21-25-24-18(16-5-4-11-31-16)27(21)17-19(29-2)22-13-23-20(17)30-3/h4-9,11,13H,10,12H2,1-3H3,(H,25,26). The highest BCUT2D eigenvalue weighted by Crippen LogP contribution is 2.35. The minimum absolute atomic E-state index is 0.213. The summed E-state index contributed by atoms with van der Waals surface area (Å²) in [5.41, 5.74) is 2.63. The van der Waals surface area contributed by atoms with Gasteiger partial charge in [-0.15, -0.1) is 10.2 Å². The number of aryl methyl sites for hydroxylation is 2. The van der Waals surface area contributed by atoms with Crippen LogP contribution in [0, 0.1) is 6.92 Å². The Hall–Kier alpha value is -3.73. The first kappa shape index (κ1) is 21.5. The molecule has 0 saturated heterocycles. The van der Waals surface area contributed by atoms with Crippen LogP contribution in [0.15, 0.2) is 53.4 Å². The van der Waals surface area contributed by atoms with Gasteiger partial charge in [0.15, 0.2) is 11.4 Å². The molecule has 0 radical (unpaired) electrons. The molecule has 166 valence electrons. The maximum atomic E-state index is 12.8. The first-order valence-corrected chi connectivity index (χ1v) is 11.1. The Bertz CT molecular complexity index is 1190. The fourth-order valence-electron chi connectivity index (χ4n) is 3.08. The van der Waals surface area contributed by atoms with Gasteiger partial charge in [0.2, 0.25) is 23.5 Å². The summed E-state index contributed by atoms with van der Waals surface area (Å²) in [7, 11) is 1.52. The van der Waals surface area contributed by atoms with Crippen molar-refractivity contribution in [2.75, 3.05) is 24.7 Å². The third-order valence-electron chi connectivity index (χ3n) is 4.67. The highest BCUT2D eigenvalue weighted by molar-refractivity contribution is 7.86. The zero-order valence-corrected chi connectivity index (χ0v) is 18.6. The van der Waals surface area contributed by atoms with E-state index in [0.29, 0.717) is 29.4 Å². The van der Waals surface area contributed by atoms with E-state index in [2.05, 4.69) is 24.9 Å². The predicted molar refractivity (Wildman–Crippen MR) is 119 cm³/mol. The summed E-state index contributed by atoms with van der Waals surface area (Å²) in [5.74, 6) is 1.86. The average molecular weight is 455 g/mol. The van der Waals surface area contributed by atoms with Gasteiger partial charge in [-0.3, -0.25) is 4.72 Å². The number of nitrogens with one attached hydrogen (secondary N) is 1. The van der Waals surface area contributed by atoms with Gasteiger partial charge in [0.05, 0.1) is 20.5 Å². The largest absolute Gasteiger partial charge is 0.479 e. The lowest BCUT2D eigenvalue weighted by Gasteiger charge is -2.15. The van der Waals surface area contributed by atoms with Crippen LogP contribution in [0.4, 0.5) is 5.95 Å². The van der Waals surface area contributed by atoms with Crippen molar-refractivity contribution in [3.63, 3.8) is 0 Å². The normalized spacial score (nSPS) is 11.8. The smallest absolute Gasteiger partial charge is 0.245 e. The summed E-state index contributed by atoms with van der Waals surface area (Å²) >= 11 is 0. The molecule has 32 heavy (non-hydrogen) atoms. The Labute approximate surface area is 187 Å². The molecule has 0 fully saturated rings. The van der Waals surface area contributed by atoms with Crippen molar-refractivity contribution < 1.29 is 18.1 Å². The van der Waals surface area contributed by atoms with Crippen molar-refractivity contribution in [2.45, 2.75) is 13.3 Å². The number of hydrogen-bond acceptors (Lipinski definition) is 8. The van der Waals surface area contributed by atoms with E-state index in [9.17, 15) is 4.21 Å². The van der Waals surface area contributed by atoms with E-state index in [1.165, 1.54) is 32.4 Å². The van der Waals surface area contributed by atoms with Gasteiger partial charge in [0.1, 0.15) is 17.3 Å². The van der Waals surface area contributed by atoms with E-state index in [4.69, 9.17) is 13.9 Å².